The Labute approximate surface area is 106 Å². The van der Waals surface area contributed by atoms with Gasteiger partial charge < -0.3 is 4.74 Å². The molecular formula is C13H16N2O3. The fourth-order valence-corrected chi connectivity index (χ4v) is 2.21. The highest BCUT2D eigenvalue weighted by molar-refractivity contribution is 6.10. The summed E-state index contributed by atoms with van der Waals surface area (Å²) in [7, 11) is 2.95. The largest absolute Gasteiger partial charge is 0.468 e. The van der Waals surface area contributed by atoms with E-state index in [9.17, 15) is 9.59 Å². The number of anilines is 1. The SMILES string of the molecule is COC(=O)C1(C(=O)N(C)c2ccccn2)CCC1. The van der Waals surface area contributed by atoms with Crippen molar-refractivity contribution in [2.75, 3.05) is 19.1 Å². The van der Waals surface area contributed by atoms with Gasteiger partial charge in [-0.25, -0.2) is 4.98 Å². The Morgan fingerprint density at radius 3 is 2.56 bits per heavy atom. The number of carbonyl (C=O) groups is 2. The quantitative estimate of drug-likeness (QED) is 0.599. The third kappa shape index (κ3) is 1.85. The molecule has 1 fully saturated rings. The molecule has 1 aromatic heterocycles. The van der Waals surface area contributed by atoms with Crippen LogP contribution in [0.4, 0.5) is 5.82 Å². The number of pyridine rings is 1. The number of aromatic nitrogens is 1. The molecule has 96 valence electrons. The van der Waals surface area contributed by atoms with E-state index in [0.717, 1.165) is 6.42 Å². The smallest absolute Gasteiger partial charge is 0.321 e. The average molecular weight is 248 g/mol. The molecule has 0 unspecified atom stereocenters. The van der Waals surface area contributed by atoms with Gasteiger partial charge in [-0.2, -0.15) is 0 Å². The van der Waals surface area contributed by atoms with Crippen molar-refractivity contribution < 1.29 is 14.3 Å². The number of nitrogens with zero attached hydrogens (tertiary/aromatic N) is 2. The Balaban J connectivity index is 2.23. The zero-order valence-corrected chi connectivity index (χ0v) is 10.5. The first-order valence-electron chi connectivity index (χ1n) is 5.89. The van der Waals surface area contributed by atoms with Crippen molar-refractivity contribution in [1.29, 1.82) is 0 Å². The molecule has 2 rings (SSSR count). The van der Waals surface area contributed by atoms with Crippen molar-refractivity contribution in [1.82, 2.24) is 4.98 Å². The second-order valence-electron chi connectivity index (χ2n) is 4.48. The number of hydrogen-bond acceptors (Lipinski definition) is 4. The van der Waals surface area contributed by atoms with Crippen LogP contribution in [0.3, 0.4) is 0 Å². The minimum atomic E-state index is -0.999. The number of ether oxygens (including phenoxy) is 1. The molecule has 1 aromatic rings. The Hall–Kier alpha value is -1.91. The Kier molecular flexibility index (Phi) is 3.32. The molecule has 1 aliphatic rings. The van der Waals surface area contributed by atoms with Gasteiger partial charge in [0.15, 0.2) is 0 Å². The number of rotatable bonds is 3. The summed E-state index contributed by atoms with van der Waals surface area (Å²) in [6, 6.07) is 5.32. The van der Waals surface area contributed by atoms with Crippen molar-refractivity contribution in [2.24, 2.45) is 5.41 Å². The highest BCUT2D eigenvalue weighted by Gasteiger charge is 2.53. The van der Waals surface area contributed by atoms with Crippen molar-refractivity contribution in [3.63, 3.8) is 0 Å². The first-order valence-corrected chi connectivity index (χ1v) is 5.89. The van der Waals surface area contributed by atoms with Gasteiger partial charge in [0.2, 0.25) is 5.91 Å². The standard InChI is InChI=1S/C13H16N2O3/c1-15(10-6-3-4-9-14-10)11(16)13(7-5-8-13)12(17)18-2/h3-4,6,9H,5,7-8H2,1-2H3. The maximum absolute atomic E-state index is 12.4. The van der Waals surface area contributed by atoms with Crippen LogP contribution in [0.25, 0.3) is 0 Å². The predicted octanol–water partition coefficient (Wildman–Crippen LogP) is 1.39. The zero-order chi connectivity index (χ0) is 13.2. The van der Waals surface area contributed by atoms with Gasteiger partial charge in [0.25, 0.3) is 0 Å². The summed E-state index contributed by atoms with van der Waals surface area (Å²) >= 11 is 0. The van der Waals surface area contributed by atoms with Crippen LogP contribution in [0, 0.1) is 5.41 Å². The summed E-state index contributed by atoms with van der Waals surface area (Å²) < 4.78 is 4.76. The molecule has 18 heavy (non-hydrogen) atoms. The van der Waals surface area contributed by atoms with Gasteiger partial charge in [-0.1, -0.05) is 12.5 Å². The predicted molar refractivity (Wildman–Crippen MR) is 65.9 cm³/mol. The van der Waals surface area contributed by atoms with Crippen molar-refractivity contribution in [3.05, 3.63) is 24.4 Å². The normalized spacial score (nSPS) is 16.6. The van der Waals surface area contributed by atoms with Crippen LogP contribution < -0.4 is 4.90 Å². The van der Waals surface area contributed by atoms with Crippen molar-refractivity contribution in [3.8, 4) is 0 Å². The van der Waals surface area contributed by atoms with Gasteiger partial charge in [-0.05, 0) is 25.0 Å². The second-order valence-corrected chi connectivity index (χ2v) is 4.48. The number of hydrogen-bond donors (Lipinski definition) is 0. The van der Waals surface area contributed by atoms with E-state index in [2.05, 4.69) is 4.98 Å². The molecule has 0 aromatic carbocycles. The molecule has 0 atom stereocenters. The molecule has 0 spiro atoms. The maximum Gasteiger partial charge on any atom is 0.321 e. The number of methoxy groups -OCH3 is 1. The highest BCUT2D eigenvalue weighted by Crippen LogP contribution is 2.43. The van der Waals surface area contributed by atoms with E-state index in [0.29, 0.717) is 18.7 Å². The summed E-state index contributed by atoms with van der Waals surface area (Å²) in [5, 5.41) is 0. The van der Waals surface area contributed by atoms with Crippen LogP contribution in [0.2, 0.25) is 0 Å². The summed E-state index contributed by atoms with van der Waals surface area (Å²) in [6.07, 6.45) is 3.59. The lowest BCUT2D eigenvalue weighted by Crippen LogP contribution is -2.52. The van der Waals surface area contributed by atoms with Crippen LogP contribution in [0.15, 0.2) is 24.4 Å². The second kappa shape index (κ2) is 4.76. The minimum absolute atomic E-state index is 0.237. The third-order valence-corrected chi connectivity index (χ3v) is 3.49. The first-order chi connectivity index (χ1) is 8.62. The molecule has 1 amide bonds. The van der Waals surface area contributed by atoms with Gasteiger partial charge in [0.05, 0.1) is 7.11 Å². The highest BCUT2D eigenvalue weighted by atomic mass is 16.5. The minimum Gasteiger partial charge on any atom is -0.468 e. The molecule has 1 saturated carbocycles. The topological polar surface area (TPSA) is 59.5 Å². The van der Waals surface area contributed by atoms with Gasteiger partial charge in [0.1, 0.15) is 11.2 Å². The molecular weight excluding hydrogens is 232 g/mol. The monoisotopic (exact) mass is 248 g/mol. The molecule has 0 bridgehead atoms. The fraction of sp³-hybridized carbons (Fsp3) is 0.462. The van der Waals surface area contributed by atoms with Crippen molar-refractivity contribution in [2.45, 2.75) is 19.3 Å². The number of esters is 1. The lowest BCUT2D eigenvalue weighted by Gasteiger charge is -2.39. The summed E-state index contributed by atoms with van der Waals surface area (Å²) in [6.45, 7) is 0. The molecule has 1 heterocycles. The molecule has 0 aliphatic heterocycles. The number of amides is 1. The van der Waals surface area contributed by atoms with Crippen LogP contribution in [-0.4, -0.2) is 31.0 Å². The summed E-state index contributed by atoms with van der Waals surface area (Å²) in [4.78, 5) is 29.8. The van der Waals surface area contributed by atoms with Gasteiger partial charge in [0, 0.05) is 13.2 Å². The lowest BCUT2D eigenvalue weighted by molar-refractivity contribution is -0.163. The van der Waals surface area contributed by atoms with E-state index in [1.807, 2.05) is 0 Å². The Morgan fingerprint density at radius 2 is 2.11 bits per heavy atom. The van der Waals surface area contributed by atoms with Gasteiger partial charge in [-0.3, -0.25) is 14.5 Å². The summed E-state index contributed by atoms with van der Waals surface area (Å²) in [5.74, 6) is -0.140. The Bertz CT molecular complexity index is 455. The van der Waals surface area contributed by atoms with E-state index in [-0.39, 0.29) is 5.91 Å². The zero-order valence-electron chi connectivity index (χ0n) is 10.5. The van der Waals surface area contributed by atoms with Crippen LogP contribution in [0.5, 0.6) is 0 Å². The average Bonchev–Trinajstić information content (AvgIpc) is 2.37. The third-order valence-electron chi connectivity index (χ3n) is 3.49. The fourth-order valence-electron chi connectivity index (χ4n) is 2.21. The molecule has 0 N–H and O–H groups in total. The van der Waals surface area contributed by atoms with Crippen LogP contribution in [0.1, 0.15) is 19.3 Å². The molecule has 5 nitrogen and oxygen atoms in total. The van der Waals surface area contributed by atoms with Crippen LogP contribution >= 0.6 is 0 Å². The van der Waals surface area contributed by atoms with E-state index in [1.165, 1.54) is 12.0 Å². The number of carbonyl (C=O) groups excluding carboxylic acids is 2. The van der Waals surface area contributed by atoms with E-state index >= 15 is 0 Å². The Morgan fingerprint density at radius 1 is 1.39 bits per heavy atom. The molecule has 1 aliphatic carbocycles. The lowest BCUT2D eigenvalue weighted by atomic mass is 9.67. The van der Waals surface area contributed by atoms with Crippen LogP contribution in [-0.2, 0) is 14.3 Å². The van der Waals surface area contributed by atoms with E-state index < -0.39 is 11.4 Å². The molecule has 0 radical (unpaired) electrons. The molecule has 5 heteroatoms. The first kappa shape index (κ1) is 12.5. The maximum atomic E-state index is 12.4. The van der Waals surface area contributed by atoms with E-state index in [4.69, 9.17) is 4.74 Å². The van der Waals surface area contributed by atoms with Crippen molar-refractivity contribution >= 4 is 17.7 Å². The molecule has 0 saturated heterocycles. The van der Waals surface area contributed by atoms with Gasteiger partial charge >= 0.3 is 5.97 Å². The van der Waals surface area contributed by atoms with Gasteiger partial charge in [-0.15, -0.1) is 0 Å². The summed E-state index contributed by atoms with van der Waals surface area (Å²) in [5.41, 5.74) is -0.999. The van der Waals surface area contributed by atoms with E-state index in [1.54, 1.807) is 31.4 Å².